The summed E-state index contributed by atoms with van der Waals surface area (Å²) in [6.07, 6.45) is 8.09. The molecule has 18 heavy (non-hydrogen) atoms. The van der Waals surface area contributed by atoms with Gasteiger partial charge in [-0.1, -0.05) is 40.5 Å². The fraction of sp³-hybridized carbons (Fsp3) is 1.00. The second-order valence-corrected chi connectivity index (χ2v) is 5.75. The standard InChI is InChI=1S/C16H33NO/c1-5-10-17-15(12-13(6-2)7-3)14-9-11-18-16(14)8-4/h13-17H,5-12H2,1-4H3. The molecule has 3 atom stereocenters. The van der Waals surface area contributed by atoms with Gasteiger partial charge in [0, 0.05) is 18.6 Å². The molecule has 1 N–H and O–H groups in total. The van der Waals surface area contributed by atoms with Crippen molar-refractivity contribution in [3.05, 3.63) is 0 Å². The van der Waals surface area contributed by atoms with E-state index >= 15 is 0 Å². The van der Waals surface area contributed by atoms with Crippen LogP contribution in [0.15, 0.2) is 0 Å². The molecule has 1 fully saturated rings. The lowest BCUT2D eigenvalue weighted by atomic mass is 9.83. The Bertz CT molecular complexity index is 203. The van der Waals surface area contributed by atoms with Gasteiger partial charge in [0.2, 0.25) is 0 Å². The molecule has 0 bridgehead atoms. The van der Waals surface area contributed by atoms with Crippen LogP contribution >= 0.6 is 0 Å². The summed E-state index contributed by atoms with van der Waals surface area (Å²) in [7, 11) is 0. The zero-order valence-electron chi connectivity index (χ0n) is 12.9. The molecule has 2 heteroatoms. The molecule has 0 aliphatic carbocycles. The minimum absolute atomic E-state index is 0.494. The molecule has 0 spiro atoms. The molecule has 108 valence electrons. The minimum atomic E-state index is 0.494. The van der Waals surface area contributed by atoms with Crippen LogP contribution in [0, 0.1) is 11.8 Å². The monoisotopic (exact) mass is 255 g/mol. The lowest BCUT2D eigenvalue weighted by molar-refractivity contribution is 0.0740. The highest BCUT2D eigenvalue weighted by atomic mass is 16.5. The Morgan fingerprint density at radius 1 is 1.17 bits per heavy atom. The van der Waals surface area contributed by atoms with Gasteiger partial charge in [-0.15, -0.1) is 0 Å². The molecule has 2 nitrogen and oxygen atoms in total. The van der Waals surface area contributed by atoms with E-state index < -0.39 is 0 Å². The van der Waals surface area contributed by atoms with E-state index in [9.17, 15) is 0 Å². The molecule has 1 aliphatic rings. The van der Waals surface area contributed by atoms with Crippen molar-refractivity contribution in [3.63, 3.8) is 0 Å². The lowest BCUT2D eigenvalue weighted by Crippen LogP contribution is -2.41. The van der Waals surface area contributed by atoms with E-state index in [-0.39, 0.29) is 0 Å². The summed E-state index contributed by atoms with van der Waals surface area (Å²) >= 11 is 0. The third-order valence-corrected chi connectivity index (χ3v) is 4.58. The third-order valence-electron chi connectivity index (χ3n) is 4.58. The van der Waals surface area contributed by atoms with E-state index in [0.717, 1.165) is 31.4 Å². The van der Waals surface area contributed by atoms with Crippen LogP contribution in [0.1, 0.15) is 66.2 Å². The first-order valence-electron chi connectivity index (χ1n) is 8.11. The van der Waals surface area contributed by atoms with Crippen molar-refractivity contribution in [2.24, 2.45) is 11.8 Å². The van der Waals surface area contributed by atoms with Crippen molar-refractivity contribution < 1.29 is 4.74 Å². The van der Waals surface area contributed by atoms with Gasteiger partial charge in [0.25, 0.3) is 0 Å². The highest BCUT2D eigenvalue weighted by Gasteiger charge is 2.33. The summed E-state index contributed by atoms with van der Waals surface area (Å²) in [5.41, 5.74) is 0. The Hall–Kier alpha value is -0.0800. The van der Waals surface area contributed by atoms with Crippen molar-refractivity contribution in [2.45, 2.75) is 78.4 Å². The van der Waals surface area contributed by atoms with Crippen molar-refractivity contribution in [1.82, 2.24) is 5.32 Å². The van der Waals surface area contributed by atoms with E-state index in [1.807, 2.05) is 0 Å². The zero-order valence-corrected chi connectivity index (χ0v) is 12.9. The second-order valence-electron chi connectivity index (χ2n) is 5.75. The van der Waals surface area contributed by atoms with Crippen LogP contribution in [-0.2, 0) is 4.74 Å². The molecule has 3 unspecified atom stereocenters. The van der Waals surface area contributed by atoms with Gasteiger partial charge in [0.1, 0.15) is 0 Å². The summed E-state index contributed by atoms with van der Waals surface area (Å²) in [6, 6.07) is 0.669. The summed E-state index contributed by atoms with van der Waals surface area (Å²) in [6.45, 7) is 11.3. The van der Waals surface area contributed by atoms with Crippen molar-refractivity contribution in [2.75, 3.05) is 13.2 Å². The van der Waals surface area contributed by atoms with Gasteiger partial charge < -0.3 is 10.1 Å². The maximum absolute atomic E-state index is 5.88. The molecule has 1 rings (SSSR count). The van der Waals surface area contributed by atoms with Gasteiger partial charge in [-0.05, 0) is 38.1 Å². The first-order valence-corrected chi connectivity index (χ1v) is 8.11. The van der Waals surface area contributed by atoms with Crippen LogP contribution < -0.4 is 5.32 Å². The van der Waals surface area contributed by atoms with Gasteiger partial charge in [0.05, 0.1) is 6.10 Å². The minimum Gasteiger partial charge on any atom is -0.378 e. The zero-order chi connectivity index (χ0) is 13.4. The Labute approximate surface area is 114 Å². The molecule has 0 aromatic carbocycles. The maximum Gasteiger partial charge on any atom is 0.0616 e. The SMILES string of the molecule is CCCNC(CC(CC)CC)C1CCOC1CC. The number of nitrogens with one attached hydrogen (secondary N) is 1. The smallest absolute Gasteiger partial charge is 0.0616 e. The molecule has 1 aliphatic heterocycles. The Morgan fingerprint density at radius 2 is 1.89 bits per heavy atom. The fourth-order valence-corrected chi connectivity index (χ4v) is 3.27. The van der Waals surface area contributed by atoms with Crippen LogP contribution in [0.2, 0.25) is 0 Å². The largest absolute Gasteiger partial charge is 0.378 e. The maximum atomic E-state index is 5.88. The molecular formula is C16H33NO. The van der Waals surface area contributed by atoms with Gasteiger partial charge in [0.15, 0.2) is 0 Å². The number of ether oxygens (including phenoxy) is 1. The molecule has 0 saturated carbocycles. The van der Waals surface area contributed by atoms with Crippen LogP contribution in [0.3, 0.4) is 0 Å². The Morgan fingerprint density at radius 3 is 2.44 bits per heavy atom. The number of hydrogen-bond donors (Lipinski definition) is 1. The van der Waals surface area contributed by atoms with Crippen LogP contribution in [-0.4, -0.2) is 25.3 Å². The van der Waals surface area contributed by atoms with E-state index in [0.29, 0.717) is 12.1 Å². The molecule has 0 aromatic heterocycles. The van der Waals surface area contributed by atoms with Gasteiger partial charge in [-0.3, -0.25) is 0 Å². The van der Waals surface area contributed by atoms with Crippen molar-refractivity contribution in [3.8, 4) is 0 Å². The molecule has 1 heterocycles. The highest BCUT2D eigenvalue weighted by molar-refractivity contribution is 4.87. The van der Waals surface area contributed by atoms with Gasteiger partial charge in [-0.2, -0.15) is 0 Å². The second kappa shape index (κ2) is 8.92. The Kier molecular flexibility index (Phi) is 7.92. The molecule has 0 amide bonds. The summed E-state index contributed by atoms with van der Waals surface area (Å²) in [4.78, 5) is 0. The number of rotatable bonds is 9. The topological polar surface area (TPSA) is 21.3 Å². The van der Waals surface area contributed by atoms with E-state index in [2.05, 4.69) is 33.0 Å². The van der Waals surface area contributed by atoms with Crippen molar-refractivity contribution >= 4 is 0 Å². The van der Waals surface area contributed by atoms with Crippen LogP contribution in [0.25, 0.3) is 0 Å². The van der Waals surface area contributed by atoms with Gasteiger partial charge in [-0.25, -0.2) is 0 Å². The summed E-state index contributed by atoms with van der Waals surface area (Å²) < 4.78 is 5.88. The molecule has 0 aromatic rings. The van der Waals surface area contributed by atoms with Crippen LogP contribution in [0.5, 0.6) is 0 Å². The predicted octanol–water partition coefficient (Wildman–Crippen LogP) is 4.00. The van der Waals surface area contributed by atoms with Gasteiger partial charge >= 0.3 is 0 Å². The summed E-state index contributed by atoms with van der Waals surface area (Å²) in [5.74, 6) is 1.61. The average Bonchev–Trinajstić information content (AvgIpc) is 2.87. The van der Waals surface area contributed by atoms with Crippen LogP contribution in [0.4, 0.5) is 0 Å². The number of hydrogen-bond acceptors (Lipinski definition) is 2. The molecule has 0 radical (unpaired) electrons. The molecular weight excluding hydrogens is 222 g/mol. The van der Waals surface area contributed by atoms with Crippen molar-refractivity contribution in [1.29, 1.82) is 0 Å². The van der Waals surface area contributed by atoms with E-state index in [4.69, 9.17) is 4.74 Å². The highest BCUT2D eigenvalue weighted by Crippen LogP contribution is 2.30. The lowest BCUT2D eigenvalue weighted by Gasteiger charge is -2.31. The Balaban J connectivity index is 2.58. The normalized spacial score (nSPS) is 25.8. The quantitative estimate of drug-likeness (QED) is 0.672. The first kappa shape index (κ1) is 16.0. The molecule has 1 saturated heterocycles. The van der Waals surface area contributed by atoms with E-state index in [1.165, 1.54) is 32.1 Å². The van der Waals surface area contributed by atoms with E-state index in [1.54, 1.807) is 0 Å². The average molecular weight is 255 g/mol. The predicted molar refractivity (Wildman–Crippen MR) is 78.9 cm³/mol. The fourth-order valence-electron chi connectivity index (χ4n) is 3.27. The first-order chi connectivity index (χ1) is 8.76. The third kappa shape index (κ3) is 4.55. The summed E-state index contributed by atoms with van der Waals surface area (Å²) in [5, 5.41) is 3.79.